The van der Waals surface area contributed by atoms with E-state index in [4.69, 9.17) is 16.3 Å². The van der Waals surface area contributed by atoms with Crippen molar-refractivity contribution >= 4 is 23.6 Å². The summed E-state index contributed by atoms with van der Waals surface area (Å²) in [5, 5.41) is 2.51. The van der Waals surface area contributed by atoms with Gasteiger partial charge in [0.15, 0.2) is 11.0 Å². The number of pyridine rings is 1. The second-order valence-corrected chi connectivity index (χ2v) is 7.47. The van der Waals surface area contributed by atoms with Gasteiger partial charge < -0.3 is 15.0 Å². The number of nitrogens with zero attached hydrogens (tertiary/aromatic N) is 2. The fourth-order valence-corrected chi connectivity index (χ4v) is 2.71. The Morgan fingerprint density at radius 3 is 2.60 bits per heavy atom. The number of ether oxygens (including phenoxy) is 1. The molecule has 1 aliphatic rings. The van der Waals surface area contributed by atoms with Crippen molar-refractivity contribution in [2.45, 2.75) is 39.2 Å². The number of likely N-dealkylation sites (tertiary alicyclic amines) is 1. The van der Waals surface area contributed by atoms with Crippen LogP contribution in [-0.4, -0.2) is 47.1 Å². The summed E-state index contributed by atoms with van der Waals surface area (Å²) in [4.78, 5) is 29.4. The number of hydrogen-bond acceptors (Lipinski definition) is 4. The Morgan fingerprint density at radius 2 is 2.04 bits per heavy atom. The smallest absolute Gasteiger partial charge is 0.407 e. The summed E-state index contributed by atoms with van der Waals surface area (Å²) in [6, 6.07) is 1.10. The van der Waals surface area contributed by atoms with E-state index < -0.39 is 17.5 Å². The fourth-order valence-electron chi connectivity index (χ4n) is 2.60. The molecule has 1 N–H and O–H groups in total. The number of alkyl carbamates (subject to hydrolysis) is 1. The van der Waals surface area contributed by atoms with Gasteiger partial charge in [-0.1, -0.05) is 11.6 Å². The van der Waals surface area contributed by atoms with E-state index in [9.17, 15) is 14.0 Å². The maximum Gasteiger partial charge on any atom is 0.407 e. The van der Waals surface area contributed by atoms with Gasteiger partial charge in [0.25, 0.3) is 5.91 Å². The van der Waals surface area contributed by atoms with Gasteiger partial charge in [-0.05, 0) is 45.6 Å². The molecule has 6 nitrogen and oxygen atoms in total. The number of piperidine rings is 1. The number of rotatable bonds is 3. The highest BCUT2D eigenvalue weighted by Crippen LogP contribution is 2.20. The van der Waals surface area contributed by atoms with Crippen LogP contribution in [0.15, 0.2) is 12.3 Å². The lowest BCUT2D eigenvalue weighted by atomic mass is 9.96. The Morgan fingerprint density at radius 1 is 1.40 bits per heavy atom. The van der Waals surface area contributed by atoms with Crippen LogP contribution in [0.25, 0.3) is 0 Å². The van der Waals surface area contributed by atoms with Crippen molar-refractivity contribution < 1.29 is 18.7 Å². The largest absolute Gasteiger partial charge is 0.444 e. The third kappa shape index (κ3) is 5.85. The summed E-state index contributed by atoms with van der Waals surface area (Å²) >= 11 is 5.53. The zero-order valence-electron chi connectivity index (χ0n) is 14.6. The van der Waals surface area contributed by atoms with Gasteiger partial charge >= 0.3 is 6.09 Å². The lowest BCUT2D eigenvalue weighted by molar-refractivity contribution is 0.0500. The monoisotopic (exact) mass is 371 g/mol. The average Bonchev–Trinajstić information content (AvgIpc) is 2.54. The first kappa shape index (κ1) is 19.4. The molecule has 25 heavy (non-hydrogen) atoms. The molecule has 2 rings (SSSR count). The maximum absolute atomic E-state index is 13.4. The number of aromatic nitrogens is 1. The maximum atomic E-state index is 13.4. The van der Waals surface area contributed by atoms with E-state index in [1.165, 1.54) is 6.20 Å². The van der Waals surface area contributed by atoms with E-state index in [-0.39, 0.29) is 22.5 Å². The molecule has 1 aromatic rings. The van der Waals surface area contributed by atoms with Crippen molar-refractivity contribution in [3.05, 3.63) is 28.8 Å². The summed E-state index contributed by atoms with van der Waals surface area (Å²) in [6.07, 6.45) is 2.36. The summed E-state index contributed by atoms with van der Waals surface area (Å²) in [5.41, 5.74) is -0.339. The van der Waals surface area contributed by atoms with E-state index in [0.29, 0.717) is 19.6 Å². The van der Waals surface area contributed by atoms with E-state index in [0.717, 1.165) is 18.9 Å². The van der Waals surface area contributed by atoms with Crippen LogP contribution in [0.3, 0.4) is 0 Å². The first-order valence-electron chi connectivity index (χ1n) is 8.23. The van der Waals surface area contributed by atoms with Crippen LogP contribution in [0.1, 0.15) is 44.0 Å². The number of carbonyl (C=O) groups is 2. The minimum absolute atomic E-state index is 0.187. The molecule has 0 aromatic carbocycles. The van der Waals surface area contributed by atoms with Gasteiger partial charge in [-0.15, -0.1) is 0 Å². The van der Waals surface area contributed by atoms with E-state index >= 15 is 0 Å². The SMILES string of the molecule is CC(C)(C)OC(=O)NCC1CCN(C(=O)c2cnc(Cl)c(F)c2)CC1. The predicted molar refractivity (Wildman–Crippen MR) is 92.1 cm³/mol. The number of amides is 2. The standard InChI is InChI=1S/C17H23ClFN3O3/c1-17(2,3)25-16(24)21-9-11-4-6-22(7-5-11)15(23)12-8-13(19)14(18)20-10-12/h8,10-11H,4-7,9H2,1-3H3,(H,21,24). The average molecular weight is 372 g/mol. The van der Waals surface area contributed by atoms with E-state index in [2.05, 4.69) is 10.3 Å². The first-order chi connectivity index (χ1) is 11.7. The molecule has 2 heterocycles. The van der Waals surface area contributed by atoms with Crippen LogP contribution < -0.4 is 5.32 Å². The molecule has 0 radical (unpaired) electrons. The van der Waals surface area contributed by atoms with E-state index in [1.807, 2.05) is 20.8 Å². The lowest BCUT2D eigenvalue weighted by Crippen LogP contribution is -2.42. The molecule has 1 aromatic heterocycles. The van der Waals surface area contributed by atoms with E-state index in [1.54, 1.807) is 4.90 Å². The highest BCUT2D eigenvalue weighted by Gasteiger charge is 2.25. The lowest BCUT2D eigenvalue weighted by Gasteiger charge is -2.32. The Bertz CT molecular complexity index is 641. The molecule has 1 saturated heterocycles. The summed E-state index contributed by atoms with van der Waals surface area (Å²) < 4.78 is 18.6. The molecule has 138 valence electrons. The second kappa shape index (κ2) is 7.99. The number of carbonyl (C=O) groups excluding carboxylic acids is 2. The third-order valence-corrected chi connectivity index (χ3v) is 4.16. The highest BCUT2D eigenvalue weighted by atomic mass is 35.5. The van der Waals surface area contributed by atoms with Crippen LogP contribution in [0.2, 0.25) is 5.15 Å². The highest BCUT2D eigenvalue weighted by molar-refractivity contribution is 6.29. The van der Waals surface area contributed by atoms with Gasteiger partial charge in [0.1, 0.15) is 5.60 Å². The number of hydrogen-bond donors (Lipinski definition) is 1. The van der Waals surface area contributed by atoms with Crippen LogP contribution >= 0.6 is 11.6 Å². The Labute approximate surface area is 151 Å². The Hall–Kier alpha value is -1.89. The van der Waals surface area contributed by atoms with Gasteiger partial charge in [0.05, 0.1) is 5.56 Å². The van der Waals surface area contributed by atoms with Crippen molar-refractivity contribution in [3.63, 3.8) is 0 Å². The molecule has 1 aliphatic heterocycles. The molecule has 0 atom stereocenters. The molecule has 0 saturated carbocycles. The van der Waals surface area contributed by atoms with Crippen molar-refractivity contribution in [1.29, 1.82) is 0 Å². The minimum Gasteiger partial charge on any atom is -0.444 e. The summed E-state index contributed by atoms with van der Waals surface area (Å²) in [5.74, 6) is -0.692. The molecular weight excluding hydrogens is 349 g/mol. The van der Waals surface area contributed by atoms with Crippen LogP contribution in [0.4, 0.5) is 9.18 Å². The predicted octanol–water partition coefficient (Wildman–Crippen LogP) is 3.25. The number of halogens is 2. The van der Waals surface area contributed by atoms with Gasteiger partial charge in [-0.2, -0.15) is 0 Å². The normalized spacial score (nSPS) is 15.8. The minimum atomic E-state index is -0.705. The summed E-state index contributed by atoms with van der Waals surface area (Å²) in [6.45, 7) is 7.03. The molecule has 0 bridgehead atoms. The van der Waals surface area contributed by atoms with Gasteiger partial charge in [-0.25, -0.2) is 14.2 Å². The van der Waals surface area contributed by atoms with Crippen molar-refractivity contribution in [2.75, 3.05) is 19.6 Å². The van der Waals surface area contributed by atoms with Gasteiger partial charge in [0.2, 0.25) is 0 Å². The molecular formula is C17H23ClFN3O3. The van der Waals surface area contributed by atoms with Crippen molar-refractivity contribution in [2.24, 2.45) is 5.92 Å². The summed E-state index contributed by atoms with van der Waals surface area (Å²) in [7, 11) is 0. The molecule has 1 fully saturated rings. The third-order valence-electron chi connectivity index (χ3n) is 3.88. The fraction of sp³-hybridized carbons (Fsp3) is 0.588. The zero-order valence-corrected chi connectivity index (χ0v) is 15.4. The molecule has 0 spiro atoms. The second-order valence-electron chi connectivity index (χ2n) is 7.11. The topological polar surface area (TPSA) is 71.5 Å². The van der Waals surface area contributed by atoms with Gasteiger partial charge in [0, 0.05) is 25.8 Å². The van der Waals surface area contributed by atoms with Crippen molar-refractivity contribution in [1.82, 2.24) is 15.2 Å². The molecule has 0 unspecified atom stereocenters. The molecule has 0 aliphatic carbocycles. The van der Waals surface area contributed by atoms with Crippen LogP contribution in [0.5, 0.6) is 0 Å². The van der Waals surface area contributed by atoms with Crippen molar-refractivity contribution in [3.8, 4) is 0 Å². The van der Waals surface area contributed by atoms with Crippen LogP contribution in [0, 0.1) is 11.7 Å². The first-order valence-corrected chi connectivity index (χ1v) is 8.60. The zero-order chi connectivity index (χ0) is 18.6. The Kier molecular flexibility index (Phi) is 6.21. The van der Waals surface area contributed by atoms with Gasteiger partial charge in [-0.3, -0.25) is 4.79 Å². The molecule has 8 heteroatoms. The Balaban J connectivity index is 1.80. The molecule has 2 amide bonds. The quantitative estimate of drug-likeness (QED) is 0.828. The van der Waals surface area contributed by atoms with Crippen LogP contribution in [-0.2, 0) is 4.74 Å². The number of nitrogens with one attached hydrogen (secondary N) is 1.